The van der Waals surface area contributed by atoms with E-state index in [1.165, 1.54) is 21.5 Å². The third-order valence-electron chi connectivity index (χ3n) is 4.73. The summed E-state index contributed by atoms with van der Waals surface area (Å²) in [7, 11) is -3.52. The van der Waals surface area contributed by atoms with Gasteiger partial charge in [0.05, 0.1) is 10.6 Å². The molecule has 0 unspecified atom stereocenters. The van der Waals surface area contributed by atoms with Crippen molar-refractivity contribution in [3.8, 4) is 10.7 Å². The molecule has 162 valence electrons. The van der Waals surface area contributed by atoms with Crippen LogP contribution < -0.4 is 0 Å². The fraction of sp³-hybridized carbons (Fsp3) is 0.250. The Hall–Kier alpha value is -2.47. The Kier molecular flexibility index (Phi) is 6.86. The average Bonchev–Trinajstić information content (AvgIpc) is 3.49. The lowest BCUT2D eigenvalue weighted by Crippen LogP contribution is -2.50. The van der Waals surface area contributed by atoms with E-state index < -0.39 is 10.0 Å². The Morgan fingerprint density at radius 3 is 2.61 bits per heavy atom. The van der Waals surface area contributed by atoms with E-state index in [0.717, 1.165) is 10.4 Å². The molecule has 0 radical (unpaired) electrons. The van der Waals surface area contributed by atoms with E-state index in [1.54, 1.807) is 22.3 Å². The Morgan fingerprint density at radius 2 is 1.90 bits per heavy atom. The molecule has 8 nitrogen and oxygen atoms in total. The Labute approximate surface area is 189 Å². The average molecular weight is 476 g/mol. The molecule has 1 aliphatic heterocycles. The fourth-order valence-corrected chi connectivity index (χ4v) is 5.60. The molecule has 1 aromatic carbocycles. The minimum absolute atomic E-state index is 0.0515. The number of hydrogen-bond donors (Lipinski definition) is 1. The molecule has 3 aromatic rings. The number of sulfonamides is 1. The van der Waals surface area contributed by atoms with Crippen LogP contribution in [0.15, 0.2) is 58.4 Å². The number of amides is 1. The third kappa shape index (κ3) is 5.62. The van der Waals surface area contributed by atoms with Gasteiger partial charge in [-0.15, -0.1) is 16.4 Å². The van der Waals surface area contributed by atoms with Gasteiger partial charge in [-0.2, -0.15) is 4.31 Å². The molecule has 4 rings (SSSR count). The molecule has 31 heavy (non-hydrogen) atoms. The van der Waals surface area contributed by atoms with E-state index in [4.69, 9.17) is 0 Å². The second-order valence-electron chi connectivity index (χ2n) is 6.77. The summed E-state index contributed by atoms with van der Waals surface area (Å²) in [5, 5.41) is 10.7. The van der Waals surface area contributed by atoms with Gasteiger partial charge in [0.1, 0.15) is 0 Å². The van der Waals surface area contributed by atoms with Crippen LogP contribution in [-0.4, -0.2) is 70.6 Å². The van der Waals surface area contributed by atoms with Gasteiger partial charge >= 0.3 is 0 Å². The zero-order chi connectivity index (χ0) is 21.7. The zero-order valence-electron chi connectivity index (χ0n) is 16.5. The summed E-state index contributed by atoms with van der Waals surface area (Å²) >= 11 is 2.83. The highest BCUT2D eigenvalue weighted by Crippen LogP contribution is 2.23. The lowest BCUT2D eigenvalue weighted by Gasteiger charge is -2.33. The first-order valence-corrected chi connectivity index (χ1v) is 13.0. The molecule has 0 saturated carbocycles. The number of aromatic amines is 1. The maximum Gasteiger partial charge on any atom is 0.236 e. The van der Waals surface area contributed by atoms with E-state index in [9.17, 15) is 13.2 Å². The van der Waals surface area contributed by atoms with Crippen molar-refractivity contribution in [1.29, 1.82) is 0 Å². The van der Waals surface area contributed by atoms with Gasteiger partial charge < -0.3 is 4.90 Å². The predicted octanol–water partition coefficient (Wildman–Crippen LogP) is 2.77. The van der Waals surface area contributed by atoms with E-state index in [0.29, 0.717) is 24.1 Å². The van der Waals surface area contributed by atoms with Gasteiger partial charge in [-0.3, -0.25) is 9.89 Å². The number of thiophene rings is 1. The van der Waals surface area contributed by atoms with Crippen LogP contribution >= 0.6 is 23.1 Å². The molecule has 0 spiro atoms. The molecule has 0 aliphatic carbocycles. The second kappa shape index (κ2) is 9.77. The van der Waals surface area contributed by atoms with Crippen LogP contribution in [0.2, 0.25) is 0 Å². The molecule has 1 saturated heterocycles. The normalized spacial score (nSPS) is 15.5. The quantitative estimate of drug-likeness (QED) is 0.528. The van der Waals surface area contributed by atoms with Crippen molar-refractivity contribution in [3.63, 3.8) is 0 Å². The van der Waals surface area contributed by atoms with Crippen LogP contribution in [-0.2, 0) is 14.8 Å². The summed E-state index contributed by atoms with van der Waals surface area (Å²) in [6, 6.07) is 13.2. The van der Waals surface area contributed by atoms with Crippen molar-refractivity contribution >= 4 is 45.1 Å². The van der Waals surface area contributed by atoms with Gasteiger partial charge in [0.2, 0.25) is 21.1 Å². The number of H-pyrrole nitrogens is 1. The summed E-state index contributed by atoms with van der Waals surface area (Å²) in [6.07, 6.45) is 1.59. The molecule has 1 aliphatic rings. The van der Waals surface area contributed by atoms with Crippen molar-refractivity contribution in [1.82, 2.24) is 24.4 Å². The Bertz CT molecular complexity index is 1140. The smallest absolute Gasteiger partial charge is 0.236 e. The first-order valence-electron chi connectivity index (χ1n) is 9.61. The van der Waals surface area contributed by atoms with Gasteiger partial charge in [0.15, 0.2) is 5.82 Å². The van der Waals surface area contributed by atoms with E-state index in [1.807, 2.05) is 47.8 Å². The van der Waals surface area contributed by atoms with Crippen LogP contribution in [0.25, 0.3) is 16.8 Å². The number of thioether (sulfide) groups is 1. The number of aromatic nitrogens is 3. The van der Waals surface area contributed by atoms with Gasteiger partial charge in [0, 0.05) is 31.6 Å². The SMILES string of the molecule is O=C(CSc1n[nH]c(-c2cccs2)n1)N1CCN(S(=O)(=O)/C=C\c2ccccc2)CC1. The monoisotopic (exact) mass is 475 g/mol. The molecule has 0 bridgehead atoms. The largest absolute Gasteiger partial charge is 0.339 e. The summed E-state index contributed by atoms with van der Waals surface area (Å²) in [5.74, 6) is 0.847. The number of nitrogens with one attached hydrogen (secondary N) is 1. The fourth-order valence-electron chi connectivity index (χ4n) is 3.06. The van der Waals surface area contributed by atoms with Crippen LogP contribution in [0.5, 0.6) is 0 Å². The summed E-state index contributed by atoms with van der Waals surface area (Å²) in [6.45, 7) is 1.29. The first-order chi connectivity index (χ1) is 15.0. The predicted molar refractivity (Wildman–Crippen MR) is 123 cm³/mol. The molecule has 1 amide bonds. The summed E-state index contributed by atoms with van der Waals surface area (Å²) < 4.78 is 26.5. The van der Waals surface area contributed by atoms with Gasteiger partial charge in [0.25, 0.3) is 0 Å². The number of carbonyl (C=O) groups excluding carboxylic acids is 1. The summed E-state index contributed by atoms with van der Waals surface area (Å²) in [5.41, 5.74) is 0.825. The first kappa shape index (κ1) is 21.8. The number of benzene rings is 1. The van der Waals surface area contributed by atoms with E-state index in [2.05, 4.69) is 15.2 Å². The molecule has 0 atom stereocenters. The molecule has 3 heterocycles. The number of rotatable bonds is 7. The Morgan fingerprint density at radius 1 is 1.13 bits per heavy atom. The molecular weight excluding hydrogens is 454 g/mol. The van der Waals surface area contributed by atoms with Gasteiger partial charge in [-0.1, -0.05) is 48.2 Å². The van der Waals surface area contributed by atoms with Crippen molar-refractivity contribution < 1.29 is 13.2 Å². The highest BCUT2D eigenvalue weighted by atomic mass is 32.2. The molecular formula is C20H21N5O3S3. The molecule has 11 heteroatoms. The Balaban J connectivity index is 1.26. The van der Waals surface area contributed by atoms with Crippen LogP contribution in [0, 0.1) is 0 Å². The van der Waals surface area contributed by atoms with Crippen LogP contribution in [0.4, 0.5) is 0 Å². The van der Waals surface area contributed by atoms with Crippen LogP contribution in [0.3, 0.4) is 0 Å². The van der Waals surface area contributed by atoms with Crippen LogP contribution in [0.1, 0.15) is 5.56 Å². The zero-order valence-corrected chi connectivity index (χ0v) is 19.0. The standard InChI is InChI=1S/C20H21N5O3S3/c26-18(15-30-20-21-19(22-23-20)17-7-4-13-29-17)24-9-11-25(12-10-24)31(27,28)14-8-16-5-2-1-3-6-16/h1-8,13-14H,9-12,15H2,(H,21,22,23)/b14-8-. The summed E-state index contributed by atoms with van der Waals surface area (Å²) in [4.78, 5) is 19.6. The van der Waals surface area contributed by atoms with Gasteiger partial charge in [-0.25, -0.2) is 13.4 Å². The van der Waals surface area contributed by atoms with Crippen molar-refractivity contribution in [3.05, 3.63) is 58.8 Å². The number of piperazine rings is 1. The van der Waals surface area contributed by atoms with Gasteiger partial charge in [-0.05, 0) is 23.1 Å². The molecule has 2 aromatic heterocycles. The van der Waals surface area contributed by atoms with E-state index >= 15 is 0 Å². The highest BCUT2D eigenvalue weighted by molar-refractivity contribution is 7.99. The maximum atomic E-state index is 12.6. The molecule has 1 N–H and O–H groups in total. The number of hydrogen-bond acceptors (Lipinski definition) is 7. The van der Waals surface area contributed by atoms with Crippen molar-refractivity contribution in [2.75, 3.05) is 31.9 Å². The third-order valence-corrected chi connectivity index (χ3v) is 8.00. The number of carbonyl (C=O) groups is 1. The van der Waals surface area contributed by atoms with Crippen molar-refractivity contribution in [2.24, 2.45) is 0 Å². The lowest BCUT2D eigenvalue weighted by atomic mass is 10.2. The van der Waals surface area contributed by atoms with Crippen molar-refractivity contribution in [2.45, 2.75) is 5.16 Å². The van der Waals surface area contributed by atoms with E-state index in [-0.39, 0.29) is 24.7 Å². The highest BCUT2D eigenvalue weighted by Gasteiger charge is 2.27. The maximum absolute atomic E-state index is 12.6. The second-order valence-corrected chi connectivity index (χ2v) is 10.5. The number of nitrogens with zero attached hydrogens (tertiary/aromatic N) is 4. The minimum Gasteiger partial charge on any atom is -0.339 e. The lowest BCUT2D eigenvalue weighted by molar-refractivity contribution is -0.129. The molecule has 1 fully saturated rings. The minimum atomic E-state index is -3.52. The topological polar surface area (TPSA) is 99.3 Å².